The highest BCUT2D eigenvalue weighted by Gasteiger charge is 2.17. The van der Waals surface area contributed by atoms with E-state index >= 15 is 0 Å². The Labute approximate surface area is 171 Å². The van der Waals surface area contributed by atoms with Crippen LogP contribution in [0.5, 0.6) is 6.01 Å². The van der Waals surface area contributed by atoms with Crippen LogP contribution in [0.15, 0.2) is 48.5 Å². The molecule has 4 aromatic rings. The lowest BCUT2D eigenvalue weighted by Crippen LogP contribution is -2.26. The first-order valence-electron chi connectivity index (χ1n) is 9.15. The number of H-pyrrole nitrogens is 1. The number of nitrogens with zero attached hydrogens (tertiary/aromatic N) is 4. The van der Waals surface area contributed by atoms with Gasteiger partial charge in [-0.1, -0.05) is 24.3 Å². The Morgan fingerprint density at radius 1 is 1.13 bits per heavy atom. The predicted molar refractivity (Wildman–Crippen MR) is 111 cm³/mol. The summed E-state index contributed by atoms with van der Waals surface area (Å²) < 4.78 is 18.7. The molecule has 0 spiro atoms. The van der Waals surface area contributed by atoms with E-state index in [1.54, 1.807) is 32.3 Å². The second-order valence-corrected chi connectivity index (χ2v) is 6.88. The van der Waals surface area contributed by atoms with E-state index in [2.05, 4.69) is 25.5 Å². The third-order valence-electron chi connectivity index (χ3n) is 4.35. The molecule has 8 nitrogen and oxygen atoms in total. The molecule has 2 aromatic heterocycles. The molecule has 1 amide bonds. The molecule has 0 aliphatic heterocycles. The number of nitrogens with one attached hydrogen (secondary N) is 2. The molecule has 2 aromatic carbocycles. The number of hydrogen-bond acceptors (Lipinski definition) is 6. The van der Waals surface area contributed by atoms with Crippen LogP contribution in [0.25, 0.3) is 22.0 Å². The molecule has 0 aliphatic carbocycles. The van der Waals surface area contributed by atoms with Gasteiger partial charge in [0.2, 0.25) is 0 Å². The van der Waals surface area contributed by atoms with E-state index in [1.165, 1.54) is 17.0 Å². The number of benzene rings is 2. The number of anilines is 2. The third-order valence-corrected chi connectivity index (χ3v) is 4.35. The van der Waals surface area contributed by atoms with Crippen LogP contribution in [0.3, 0.4) is 0 Å². The molecule has 30 heavy (non-hydrogen) atoms. The number of aromatic nitrogens is 4. The fourth-order valence-electron chi connectivity index (χ4n) is 2.94. The zero-order chi connectivity index (χ0) is 21.3. The number of aromatic amines is 1. The molecular weight excluding hydrogens is 387 g/mol. The van der Waals surface area contributed by atoms with E-state index in [4.69, 9.17) is 4.74 Å². The fourth-order valence-corrected chi connectivity index (χ4v) is 2.94. The van der Waals surface area contributed by atoms with Gasteiger partial charge in [-0.05, 0) is 36.2 Å². The van der Waals surface area contributed by atoms with Crippen LogP contribution in [0.4, 0.5) is 20.8 Å². The molecule has 2 heterocycles. The van der Waals surface area contributed by atoms with Gasteiger partial charge in [0.25, 0.3) is 0 Å². The minimum absolute atomic E-state index is 0.0905. The number of amides is 1. The number of fused-ring (bicyclic) bond motifs is 1. The largest absolute Gasteiger partial charge is 0.417 e. The lowest BCUT2D eigenvalue weighted by Gasteiger charge is -2.14. The molecule has 0 bridgehead atoms. The number of hydrogen-bond donors (Lipinski definition) is 2. The monoisotopic (exact) mass is 406 g/mol. The van der Waals surface area contributed by atoms with Gasteiger partial charge in [-0.15, -0.1) is 0 Å². The summed E-state index contributed by atoms with van der Waals surface area (Å²) >= 11 is 0. The van der Waals surface area contributed by atoms with Gasteiger partial charge in [-0.25, -0.2) is 9.18 Å². The maximum absolute atomic E-state index is 13.4. The fraction of sp³-hybridized carbons (Fsp3) is 0.143. The van der Waals surface area contributed by atoms with Crippen molar-refractivity contribution >= 4 is 28.6 Å². The maximum atomic E-state index is 13.4. The molecule has 0 fully saturated rings. The van der Waals surface area contributed by atoms with Gasteiger partial charge in [0.15, 0.2) is 5.82 Å². The van der Waals surface area contributed by atoms with Crippen LogP contribution in [0.2, 0.25) is 0 Å². The molecule has 2 N–H and O–H groups in total. The highest BCUT2D eigenvalue weighted by molar-refractivity contribution is 6.02. The van der Waals surface area contributed by atoms with Crippen molar-refractivity contribution < 1.29 is 13.9 Å². The number of rotatable bonds is 4. The normalized spacial score (nSPS) is 10.8. The van der Waals surface area contributed by atoms with E-state index in [1.807, 2.05) is 25.1 Å². The summed E-state index contributed by atoms with van der Waals surface area (Å²) in [5.74, 6) is 0.637. The van der Waals surface area contributed by atoms with Crippen molar-refractivity contribution in [1.29, 1.82) is 0 Å². The molecule has 0 aliphatic rings. The maximum Gasteiger partial charge on any atom is 0.417 e. The molecule has 4 rings (SSSR count). The number of aryl methyl sites for hydroxylation is 1. The lowest BCUT2D eigenvalue weighted by molar-refractivity contribution is 0.168. The summed E-state index contributed by atoms with van der Waals surface area (Å²) in [5.41, 5.74) is 3.02. The van der Waals surface area contributed by atoms with Crippen molar-refractivity contribution in [2.75, 3.05) is 19.4 Å². The van der Waals surface area contributed by atoms with Crippen molar-refractivity contribution in [2.24, 2.45) is 0 Å². The van der Waals surface area contributed by atoms with Gasteiger partial charge in [-0.2, -0.15) is 15.1 Å². The van der Waals surface area contributed by atoms with Gasteiger partial charge in [0.1, 0.15) is 11.6 Å². The van der Waals surface area contributed by atoms with Crippen molar-refractivity contribution in [1.82, 2.24) is 25.1 Å². The SMILES string of the molecule is Cc1cc(Nc2nc(OC(=O)N(C)C)nc3cccc(-c4ccc(F)cc4)c23)n[nH]1. The lowest BCUT2D eigenvalue weighted by atomic mass is 10.0. The average molecular weight is 406 g/mol. The minimum atomic E-state index is -0.592. The zero-order valence-electron chi connectivity index (χ0n) is 16.6. The van der Waals surface area contributed by atoms with E-state index in [0.717, 1.165) is 16.8 Å². The van der Waals surface area contributed by atoms with Gasteiger partial charge >= 0.3 is 12.1 Å². The Morgan fingerprint density at radius 3 is 2.57 bits per heavy atom. The van der Waals surface area contributed by atoms with Gasteiger partial charge in [0.05, 0.1) is 10.9 Å². The van der Waals surface area contributed by atoms with Crippen molar-refractivity contribution in [3.05, 3.63) is 60.0 Å². The summed E-state index contributed by atoms with van der Waals surface area (Å²) in [7, 11) is 3.14. The van der Waals surface area contributed by atoms with Crippen LogP contribution >= 0.6 is 0 Å². The topological polar surface area (TPSA) is 96.0 Å². The zero-order valence-corrected chi connectivity index (χ0v) is 16.6. The van der Waals surface area contributed by atoms with E-state index < -0.39 is 6.09 Å². The molecule has 152 valence electrons. The number of carbonyl (C=O) groups excluding carboxylic acids is 1. The third kappa shape index (κ3) is 3.90. The molecule has 0 saturated heterocycles. The standard InChI is InChI=1S/C21H19FN6O2/c1-12-11-17(27-26-12)24-19-18-15(13-7-9-14(22)10-8-13)5-4-6-16(18)23-20(25-19)30-21(29)28(2)3/h4-11H,1-3H3,(H2,23,24,25,26,27). The Balaban J connectivity index is 1.89. The summed E-state index contributed by atoms with van der Waals surface area (Å²) in [6.45, 7) is 1.88. The van der Waals surface area contributed by atoms with E-state index in [9.17, 15) is 9.18 Å². The highest BCUT2D eigenvalue weighted by atomic mass is 19.1. The number of halogens is 1. The van der Waals surface area contributed by atoms with Crippen LogP contribution in [0.1, 0.15) is 5.69 Å². The summed E-state index contributed by atoms with van der Waals surface area (Å²) in [4.78, 5) is 22.1. The van der Waals surface area contributed by atoms with Crippen molar-refractivity contribution in [3.8, 4) is 17.1 Å². The predicted octanol–water partition coefficient (Wildman–Crippen LogP) is 4.27. The first-order chi connectivity index (χ1) is 14.4. The molecule has 0 radical (unpaired) electrons. The number of carbonyl (C=O) groups is 1. The van der Waals surface area contributed by atoms with Gasteiger partial charge in [-0.3, -0.25) is 5.10 Å². The van der Waals surface area contributed by atoms with Crippen molar-refractivity contribution in [2.45, 2.75) is 6.92 Å². The Kier molecular flexibility index (Phi) is 5.01. The quantitative estimate of drug-likeness (QED) is 0.525. The minimum Gasteiger partial charge on any atom is -0.374 e. The average Bonchev–Trinajstić information content (AvgIpc) is 3.12. The van der Waals surface area contributed by atoms with Crippen LogP contribution in [0, 0.1) is 12.7 Å². The second kappa shape index (κ2) is 7.78. The first-order valence-corrected chi connectivity index (χ1v) is 9.15. The molecule has 0 unspecified atom stereocenters. The Bertz CT molecular complexity index is 1220. The smallest absolute Gasteiger partial charge is 0.374 e. The number of ether oxygens (including phenoxy) is 1. The second-order valence-electron chi connectivity index (χ2n) is 6.88. The summed E-state index contributed by atoms with van der Waals surface area (Å²) in [6, 6.07) is 13.4. The van der Waals surface area contributed by atoms with Crippen LogP contribution in [-0.2, 0) is 0 Å². The van der Waals surface area contributed by atoms with Gasteiger partial charge < -0.3 is 15.0 Å². The van der Waals surface area contributed by atoms with Crippen LogP contribution < -0.4 is 10.1 Å². The van der Waals surface area contributed by atoms with E-state index in [-0.39, 0.29) is 11.8 Å². The first kappa shape index (κ1) is 19.3. The van der Waals surface area contributed by atoms with Gasteiger partial charge in [0, 0.05) is 25.9 Å². The molecule has 0 atom stereocenters. The Morgan fingerprint density at radius 2 is 1.90 bits per heavy atom. The summed E-state index contributed by atoms with van der Waals surface area (Å²) in [5, 5.41) is 10.9. The van der Waals surface area contributed by atoms with Crippen LogP contribution in [-0.4, -0.2) is 45.3 Å². The Hall–Kier alpha value is -4.01. The molecule has 0 saturated carbocycles. The molecular formula is C21H19FN6O2. The van der Waals surface area contributed by atoms with Crippen molar-refractivity contribution in [3.63, 3.8) is 0 Å². The highest BCUT2D eigenvalue weighted by Crippen LogP contribution is 2.34. The summed E-state index contributed by atoms with van der Waals surface area (Å²) in [6.07, 6.45) is -0.592. The molecule has 9 heteroatoms. The van der Waals surface area contributed by atoms with E-state index in [0.29, 0.717) is 22.5 Å².